The lowest BCUT2D eigenvalue weighted by molar-refractivity contribution is 0.543. The van der Waals surface area contributed by atoms with Crippen LogP contribution in [0.15, 0.2) is 337 Å². The van der Waals surface area contributed by atoms with E-state index >= 15 is 0 Å². The van der Waals surface area contributed by atoms with Gasteiger partial charge in [0.1, 0.15) is 28.4 Å². The molecule has 9 nitrogen and oxygen atoms in total. The first-order valence-electron chi connectivity index (χ1n) is 44.6. The van der Waals surface area contributed by atoms with Crippen LogP contribution in [0.5, 0.6) is 0 Å². The average molecular weight is 1750 g/mol. The van der Waals surface area contributed by atoms with E-state index in [0.29, 0.717) is 0 Å². The van der Waals surface area contributed by atoms with Crippen LogP contribution in [0.2, 0.25) is 0 Å². The predicted molar refractivity (Wildman–Crippen MR) is 556 cm³/mol. The van der Waals surface area contributed by atoms with E-state index in [1.54, 1.807) is 0 Å². The second-order valence-corrected chi connectivity index (χ2v) is 43.3. The van der Waals surface area contributed by atoms with Crippen molar-refractivity contribution in [1.29, 1.82) is 0 Å². The molecule has 21 aromatic rings. The number of benzene rings is 12. The van der Waals surface area contributed by atoms with E-state index in [1.165, 1.54) is 93.7 Å². The molecule has 9 heterocycles. The summed E-state index contributed by atoms with van der Waals surface area (Å²) in [6.07, 6.45) is 3.80. The molecule has 9 aromatic heterocycles. The Hall–Kier alpha value is -12.7. The number of pyridine rings is 2. The van der Waals surface area contributed by atoms with E-state index in [1.807, 2.05) is 180 Å². The Balaban J connectivity index is 0.000000116. The van der Waals surface area contributed by atoms with Crippen LogP contribution >= 0.6 is 34.0 Å². The molecular formula is C117H117N7O2S3. The third-order valence-corrected chi connectivity index (χ3v) is 26.1. The van der Waals surface area contributed by atoms with E-state index < -0.39 is 0 Å². The van der Waals surface area contributed by atoms with Gasteiger partial charge in [-0.25, -0.2) is 24.9 Å². The van der Waals surface area contributed by atoms with Crippen LogP contribution in [0.25, 0.3) is 150 Å². The highest BCUT2D eigenvalue weighted by atomic mass is 32.1. The zero-order chi connectivity index (χ0) is 91.4. The second-order valence-electron chi connectivity index (χ2n) is 40.1. The van der Waals surface area contributed by atoms with Gasteiger partial charge in [0.05, 0.1) is 27.5 Å². The van der Waals surface area contributed by atoms with Crippen molar-refractivity contribution in [2.24, 2.45) is 0 Å². The zero-order valence-corrected chi connectivity index (χ0v) is 80.8. The summed E-state index contributed by atoms with van der Waals surface area (Å²) in [5.74, 6) is 3.12. The Morgan fingerprint density at radius 3 is 1.05 bits per heavy atom. The molecule has 650 valence electrons. The maximum Gasteiger partial charge on any atom is 0.163 e. The van der Waals surface area contributed by atoms with Crippen molar-refractivity contribution in [1.82, 2.24) is 34.9 Å². The monoisotopic (exact) mass is 1750 g/mol. The average Bonchev–Trinajstić information content (AvgIpc) is 1.58. The molecule has 0 fully saturated rings. The van der Waals surface area contributed by atoms with E-state index in [2.05, 4.69) is 352 Å². The lowest BCUT2D eigenvalue weighted by atomic mass is 9.86. The summed E-state index contributed by atoms with van der Waals surface area (Å²) in [5.41, 5.74) is 16.8. The fraction of sp³-hybridized carbons (Fsp3) is 0.239. The van der Waals surface area contributed by atoms with Crippen molar-refractivity contribution in [2.75, 3.05) is 0 Å². The first-order chi connectivity index (χ1) is 61.4. The summed E-state index contributed by atoms with van der Waals surface area (Å²) < 4.78 is 20.2. The fourth-order valence-corrected chi connectivity index (χ4v) is 19.6. The van der Waals surface area contributed by atoms with Crippen LogP contribution in [0.3, 0.4) is 0 Å². The Bertz CT molecular complexity index is 6690. The molecule has 21 rings (SSSR count). The van der Waals surface area contributed by atoms with Gasteiger partial charge in [-0.15, -0.1) is 34.0 Å². The standard InChI is InChI=1S/C20H20N2.C19H19N3.C16H16O.2C16H16S.C15H15NO.C15H15NS/c1-20(2,3)19-21-17(15-10-6-4-7-11-15)14-18(22-19)16-12-8-5-9-13-16;1-19(2,3)18-21-16(14-10-6-4-7-11-14)20-17(22-18)15-12-8-5-9-13-15;2*1-16(2,3)13-9-6-8-12-11-7-4-5-10-14(11)17-15(12)13;1-16(2,3)11-8-9-15-13(10-11)12-6-4-5-7-14(12)17-15;2*1-15(2,3)14-13-11(8-9-16-14)10-6-4-5-7-12(10)17-13/h4-14H,1-3H3;4-13H,1-3H3;3*4-10H,1-3H3;2*4-9H,1-3H3. The van der Waals surface area contributed by atoms with Crippen molar-refractivity contribution < 1.29 is 8.83 Å². The Morgan fingerprint density at radius 1 is 0.225 bits per heavy atom. The summed E-state index contributed by atoms with van der Waals surface area (Å²) in [5, 5.41) is 13.0. The van der Waals surface area contributed by atoms with Crippen LogP contribution in [-0.2, 0) is 37.9 Å². The largest absolute Gasteiger partial charge is 0.456 e. The van der Waals surface area contributed by atoms with Gasteiger partial charge in [0.2, 0.25) is 0 Å². The highest BCUT2D eigenvalue weighted by molar-refractivity contribution is 7.26. The molecule has 0 unspecified atom stereocenters. The van der Waals surface area contributed by atoms with Crippen molar-refractivity contribution in [3.05, 3.63) is 368 Å². The number of nitrogens with zero attached hydrogens (tertiary/aromatic N) is 7. The molecule has 12 heteroatoms. The van der Waals surface area contributed by atoms with E-state index in [0.717, 1.165) is 95.7 Å². The Labute approximate surface area is 772 Å². The molecule has 0 N–H and O–H groups in total. The summed E-state index contributed by atoms with van der Waals surface area (Å²) >= 11 is 5.65. The lowest BCUT2D eigenvalue weighted by Gasteiger charge is -2.19. The zero-order valence-electron chi connectivity index (χ0n) is 78.3. The summed E-state index contributed by atoms with van der Waals surface area (Å²) in [6, 6.07) is 109. The molecule has 129 heavy (non-hydrogen) atoms. The minimum Gasteiger partial charge on any atom is -0.456 e. The van der Waals surface area contributed by atoms with Gasteiger partial charge in [-0.05, 0) is 88.0 Å². The van der Waals surface area contributed by atoms with Gasteiger partial charge in [-0.2, -0.15) is 0 Å². The SMILES string of the molecule is CC(C)(C)c1ccc2sc3ccccc3c2c1.CC(C)(C)c1cccc2c1oc1ccccc12.CC(C)(C)c1cccc2c1sc1ccccc12.CC(C)(C)c1nc(-c2ccccc2)cc(-c2ccccc2)n1.CC(C)(C)c1nc(-c2ccccc2)nc(-c2ccccc2)n1.CC(C)(C)c1nccc2c1oc1ccccc12.CC(C)(C)c1nccc2c1sc1ccccc12. The van der Waals surface area contributed by atoms with Crippen LogP contribution in [0.1, 0.15) is 185 Å². The maximum atomic E-state index is 6.01. The van der Waals surface area contributed by atoms with Gasteiger partial charge in [0.25, 0.3) is 0 Å². The molecule has 0 radical (unpaired) electrons. The number of furan rings is 2. The first-order valence-corrected chi connectivity index (χ1v) is 47.0. The van der Waals surface area contributed by atoms with Gasteiger partial charge in [-0.1, -0.05) is 400 Å². The molecule has 0 spiro atoms. The fourth-order valence-electron chi connectivity index (χ4n) is 15.7. The van der Waals surface area contributed by atoms with Crippen molar-refractivity contribution in [3.63, 3.8) is 0 Å². The van der Waals surface area contributed by atoms with Crippen LogP contribution < -0.4 is 0 Å². The topological polar surface area (TPSA) is 117 Å². The third kappa shape index (κ3) is 21.0. The van der Waals surface area contributed by atoms with Gasteiger partial charge in [0, 0.05) is 139 Å². The Kier molecular flexibility index (Phi) is 26.5. The number of thiophene rings is 3. The number of aromatic nitrogens is 7. The van der Waals surface area contributed by atoms with Gasteiger partial charge in [0.15, 0.2) is 17.2 Å². The molecule has 12 aromatic carbocycles. The molecule has 0 saturated heterocycles. The number of fused-ring (bicyclic) bond motifs is 15. The van der Waals surface area contributed by atoms with Crippen LogP contribution in [-0.4, -0.2) is 34.9 Å². The molecule has 0 aliphatic heterocycles. The molecule has 0 aliphatic rings. The smallest absolute Gasteiger partial charge is 0.163 e. The molecule has 0 amide bonds. The van der Waals surface area contributed by atoms with Gasteiger partial charge >= 0.3 is 0 Å². The minimum absolute atomic E-state index is 0.00656. The normalized spacial score (nSPS) is 12.1. The maximum absolute atomic E-state index is 6.01. The highest BCUT2D eigenvalue weighted by Crippen LogP contribution is 2.44. The predicted octanol–water partition coefficient (Wildman–Crippen LogP) is 34.2. The number of hydrogen-bond acceptors (Lipinski definition) is 12. The summed E-state index contributed by atoms with van der Waals surface area (Å²) in [4.78, 5) is 32.7. The third-order valence-electron chi connectivity index (χ3n) is 22.6. The minimum atomic E-state index is -0.129. The molecule has 0 saturated carbocycles. The number of para-hydroxylation sites is 3. The van der Waals surface area contributed by atoms with Crippen LogP contribution in [0, 0.1) is 0 Å². The van der Waals surface area contributed by atoms with Crippen molar-refractivity contribution in [3.8, 4) is 45.3 Å². The van der Waals surface area contributed by atoms with Crippen LogP contribution in [0.4, 0.5) is 0 Å². The Morgan fingerprint density at radius 2 is 0.581 bits per heavy atom. The molecule has 0 aliphatic carbocycles. The summed E-state index contributed by atoms with van der Waals surface area (Å²) in [6.45, 7) is 46.2. The quantitative estimate of drug-likeness (QED) is 0.170. The lowest BCUT2D eigenvalue weighted by Crippen LogP contribution is -2.18. The molecule has 0 atom stereocenters. The second kappa shape index (κ2) is 37.5. The number of rotatable bonds is 4. The van der Waals surface area contributed by atoms with Crippen molar-refractivity contribution >= 4 is 138 Å². The summed E-state index contributed by atoms with van der Waals surface area (Å²) in [7, 11) is 0. The first kappa shape index (κ1) is 91.1. The van der Waals surface area contributed by atoms with E-state index in [-0.39, 0.29) is 37.9 Å². The molecular weight excluding hydrogens is 1630 g/mol. The van der Waals surface area contributed by atoms with E-state index in [9.17, 15) is 0 Å². The highest BCUT2D eigenvalue weighted by Gasteiger charge is 2.28. The van der Waals surface area contributed by atoms with E-state index in [4.69, 9.17) is 18.8 Å². The van der Waals surface area contributed by atoms with Gasteiger partial charge < -0.3 is 8.83 Å². The molecule has 0 bridgehead atoms. The van der Waals surface area contributed by atoms with Crippen molar-refractivity contribution in [2.45, 2.75) is 183 Å². The number of hydrogen-bond donors (Lipinski definition) is 0. The van der Waals surface area contributed by atoms with Gasteiger partial charge in [-0.3, -0.25) is 9.97 Å².